The molecule has 1 heterocycles. The molecule has 0 fully saturated rings. The molecule has 0 bridgehead atoms. The number of ether oxygens (including phenoxy) is 2. The maximum absolute atomic E-state index is 11.8. The van der Waals surface area contributed by atoms with E-state index in [1.807, 2.05) is 36.4 Å². The summed E-state index contributed by atoms with van der Waals surface area (Å²) in [5.41, 5.74) is 2.62. The van der Waals surface area contributed by atoms with Crippen LogP contribution in [0.1, 0.15) is 23.0 Å². The minimum atomic E-state index is -1.14. The van der Waals surface area contributed by atoms with Gasteiger partial charge in [-0.1, -0.05) is 36.4 Å². The Morgan fingerprint density at radius 2 is 1.64 bits per heavy atom. The number of hydrogen-bond donors (Lipinski definition) is 2. The number of aromatic carboxylic acids is 1. The quantitative estimate of drug-likeness (QED) is 0.445. The molecular formula is C25H23N3O5. The summed E-state index contributed by atoms with van der Waals surface area (Å²) in [5.74, 6) is -0.208. The fraction of sp³-hybridized carbons (Fsp3) is 0.160. The Balaban J connectivity index is 2.00. The summed E-state index contributed by atoms with van der Waals surface area (Å²) in [4.78, 5) is 23.3. The Morgan fingerprint density at radius 1 is 0.970 bits per heavy atom. The van der Waals surface area contributed by atoms with Crippen LogP contribution in [0.3, 0.4) is 0 Å². The number of nitrogens with one attached hydrogen (secondary N) is 1. The monoisotopic (exact) mass is 445 g/mol. The van der Waals surface area contributed by atoms with Crippen molar-refractivity contribution >= 4 is 22.6 Å². The third-order valence-corrected chi connectivity index (χ3v) is 5.36. The average molecular weight is 445 g/mol. The molecule has 0 aliphatic carbocycles. The Bertz CT molecular complexity index is 1340. The smallest absolute Gasteiger partial charge is 0.356 e. The molecule has 0 spiro atoms. The number of benzene rings is 3. The van der Waals surface area contributed by atoms with Crippen molar-refractivity contribution in [3.63, 3.8) is 0 Å². The number of methoxy groups -OCH3 is 2. The van der Waals surface area contributed by atoms with Gasteiger partial charge < -0.3 is 19.9 Å². The van der Waals surface area contributed by atoms with Gasteiger partial charge >= 0.3 is 5.97 Å². The molecule has 4 aromatic rings. The summed E-state index contributed by atoms with van der Waals surface area (Å²) < 4.78 is 12.7. The summed E-state index contributed by atoms with van der Waals surface area (Å²) >= 11 is 0. The molecule has 2 N–H and O–H groups in total. The van der Waals surface area contributed by atoms with E-state index in [1.54, 1.807) is 37.1 Å². The van der Waals surface area contributed by atoms with E-state index in [2.05, 4.69) is 10.4 Å². The summed E-state index contributed by atoms with van der Waals surface area (Å²) in [5, 5.41) is 18.7. The number of carboxylic acid groups (broad SMARTS) is 1. The van der Waals surface area contributed by atoms with Crippen LogP contribution in [0.4, 0.5) is 0 Å². The molecular weight excluding hydrogens is 422 g/mol. The Labute approximate surface area is 190 Å². The highest BCUT2D eigenvalue weighted by Gasteiger charge is 2.23. The molecule has 3 aromatic carbocycles. The lowest BCUT2D eigenvalue weighted by molar-refractivity contribution is -0.119. The second kappa shape index (κ2) is 9.04. The molecule has 0 radical (unpaired) electrons. The lowest BCUT2D eigenvalue weighted by Crippen LogP contribution is -2.19. The number of aromatic nitrogens is 2. The number of amides is 1. The molecule has 0 saturated heterocycles. The van der Waals surface area contributed by atoms with Gasteiger partial charge in [0, 0.05) is 18.9 Å². The third kappa shape index (κ3) is 4.10. The number of rotatable bonds is 7. The molecule has 0 aliphatic heterocycles. The third-order valence-electron chi connectivity index (χ3n) is 5.36. The lowest BCUT2D eigenvalue weighted by Gasteiger charge is -2.17. The van der Waals surface area contributed by atoms with Crippen molar-refractivity contribution in [1.29, 1.82) is 0 Å². The summed E-state index contributed by atoms with van der Waals surface area (Å²) in [6, 6.07) is 18.3. The maximum Gasteiger partial charge on any atom is 0.356 e. The van der Waals surface area contributed by atoms with E-state index in [-0.39, 0.29) is 11.6 Å². The normalized spacial score (nSPS) is 10.8. The van der Waals surface area contributed by atoms with Gasteiger partial charge in [0.25, 0.3) is 0 Å². The van der Waals surface area contributed by atoms with Crippen molar-refractivity contribution in [2.75, 3.05) is 14.2 Å². The first-order chi connectivity index (χ1) is 15.9. The second-order valence-corrected chi connectivity index (χ2v) is 7.37. The first kappa shape index (κ1) is 21.9. The van der Waals surface area contributed by atoms with Crippen molar-refractivity contribution in [3.8, 4) is 28.4 Å². The molecule has 4 rings (SSSR count). The van der Waals surface area contributed by atoms with Gasteiger partial charge in [-0.2, -0.15) is 5.10 Å². The molecule has 168 valence electrons. The van der Waals surface area contributed by atoms with Crippen molar-refractivity contribution < 1.29 is 24.2 Å². The largest absolute Gasteiger partial charge is 0.496 e. The molecule has 1 aromatic heterocycles. The van der Waals surface area contributed by atoms with Crippen molar-refractivity contribution in [2.45, 2.75) is 13.5 Å². The van der Waals surface area contributed by atoms with E-state index in [0.717, 1.165) is 16.3 Å². The second-order valence-electron chi connectivity index (χ2n) is 7.37. The van der Waals surface area contributed by atoms with Crippen LogP contribution in [-0.4, -0.2) is 41.0 Å². The molecule has 0 unspecified atom stereocenters. The van der Waals surface area contributed by atoms with Crippen LogP contribution in [0.25, 0.3) is 27.7 Å². The lowest BCUT2D eigenvalue weighted by atomic mass is 10.0. The van der Waals surface area contributed by atoms with Crippen molar-refractivity contribution in [1.82, 2.24) is 15.1 Å². The van der Waals surface area contributed by atoms with Crippen LogP contribution in [0.5, 0.6) is 11.5 Å². The standard InChI is InChI=1S/C25H23N3O5/c1-15(29)26-14-16-11-12-20(18-8-5-4-7-17(16)18)28-21(13-19(27-28)25(30)31)24-22(32-2)9-6-10-23(24)33-3/h4-13H,14H2,1-3H3,(H,26,29)(H,30,31). The van der Waals surface area contributed by atoms with E-state index in [9.17, 15) is 14.7 Å². The number of carboxylic acids is 1. The van der Waals surface area contributed by atoms with Gasteiger partial charge in [-0.15, -0.1) is 0 Å². The SMILES string of the molecule is COc1cccc(OC)c1-c1cc(C(=O)O)nn1-c1ccc(CNC(C)=O)c2ccccc12. The zero-order chi connectivity index (χ0) is 23.5. The predicted molar refractivity (Wildman–Crippen MR) is 124 cm³/mol. The van der Waals surface area contributed by atoms with Gasteiger partial charge in [0.05, 0.1) is 31.2 Å². The summed E-state index contributed by atoms with van der Waals surface area (Å²) in [7, 11) is 3.09. The molecule has 8 nitrogen and oxygen atoms in total. The molecule has 33 heavy (non-hydrogen) atoms. The zero-order valence-electron chi connectivity index (χ0n) is 18.5. The van der Waals surface area contributed by atoms with Gasteiger partial charge in [-0.25, -0.2) is 9.48 Å². The number of nitrogens with zero attached hydrogens (tertiary/aromatic N) is 2. The van der Waals surface area contributed by atoms with E-state index >= 15 is 0 Å². The van der Waals surface area contributed by atoms with Crippen LogP contribution in [0, 0.1) is 0 Å². The fourth-order valence-electron chi connectivity index (χ4n) is 3.86. The van der Waals surface area contributed by atoms with Crippen LogP contribution in [0.2, 0.25) is 0 Å². The van der Waals surface area contributed by atoms with Crippen molar-refractivity contribution in [2.24, 2.45) is 0 Å². The average Bonchev–Trinajstić information content (AvgIpc) is 3.26. The van der Waals surface area contributed by atoms with E-state index in [4.69, 9.17) is 9.47 Å². The Kier molecular flexibility index (Phi) is 5.99. The molecule has 0 saturated carbocycles. The van der Waals surface area contributed by atoms with Crippen LogP contribution in [0.15, 0.2) is 60.7 Å². The van der Waals surface area contributed by atoms with Gasteiger partial charge in [-0.3, -0.25) is 4.79 Å². The van der Waals surface area contributed by atoms with Crippen LogP contribution < -0.4 is 14.8 Å². The molecule has 0 atom stereocenters. The first-order valence-corrected chi connectivity index (χ1v) is 10.2. The van der Waals surface area contributed by atoms with Crippen LogP contribution >= 0.6 is 0 Å². The summed E-state index contributed by atoms with van der Waals surface area (Å²) in [6.07, 6.45) is 0. The number of hydrogen-bond acceptors (Lipinski definition) is 5. The molecule has 8 heteroatoms. The minimum Gasteiger partial charge on any atom is -0.496 e. The van der Waals surface area contributed by atoms with Crippen LogP contribution in [-0.2, 0) is 11.3 Å². The topological polar surface area (TPSA) is 103 Å². The summed E-state index contributed by atoms with van der Waals surface area (Å²) in [6.45, 7) is 1.85. The van der Waals surface area contributed by atoms with E-state index < -0.39 is 5.97 Å². The molecule has 0 aliphatic rings. The van der Waals surface area contributed by atoms with Crippen molar-refractivity contribution in [3.05, 3.63) is 71.9 Å². The Morgan fingerprint density at radius 3 is 2.24 bits per heavy atom. The zero-order valence-corrected chi connectivity index (χ0v) is 18.5. The highest BCUT2D eigenvalue weighted by atomic mass is 16.5. The highest BCUT2D eigenvalue weighted by Crippen LogP contribution is 2.40. The van der Waals surface area contributed by atoms with E-state index in [1.165, 1.54) is 13.0 Å². The van der Waals surface area contributed by atoms with Gasteiger partial charge in [-0.05, 0) is 35.2 Å². The fourth-order valence-corrected chi connectivity index (χ4v) is 3.86. The molecule has 1 amide bonds. The number of carbonyl (C=O) groups excluding carboxylic acids is 1. The van der Waals surface area contributed by atoms with Gasteiger partial charge in [0.2, 0.25) is 5.91 Å². The van der Waals surface area contributed by atoms with Gasteiger partial charge in [0.15, 0.2) is 5.69 Å². The van der Waals surface area contributed by atoms with Gasteiger partial charge in [0.1, 0.15) is 11.5 Å². The Hall–Kier alpha value is -4.33. The predicted octanol–water partition coefficient (Wildman–Crippen LogP) is 4.04. The highest BCUT2D eigenvalue weighted by molar-refractivity contribution is 5.95. The maximum atomic E-state index is 11.8. The number of fused-ring (bicyclic) bond motifs is 1. The number of carbonyl (C=O) groups is 2. The first-order valence-electron chi connectivity index (χ1n) is 10.2. The minimum absolute atomic E-state index is 0.107. The van der Waals surface area contributed by atoms with E-state index in [0.29, 0.717) is 35.0 Å².